The quantitative estimate of drug-likeness (QED) is 0.764. The van der Waals surface area contributed by atoms with E-state index in [0.717, 1.165) is 30.5 Å². The van der Waals surface area contributed by atoms with Crippen LogP contribution in [0.15, 0.2) is 0 Å². The van der Waals surface area contributed by atoms with Crippen LogP contribution in [0.2, 0.25) is 0 Å². The molecule has 4 atom stereocenters. The molecule has 2 saturated carbocycles. The van der Waals surface area contributed by atoms with Gasteiger partial charge in [0.1, 0.15) is 0 Å². The van der Waals surface area contributed by atoms with Gasteiger partial charge in [0.2, 0.25) is 0 Å². The fraction of sp³-hybridized carbons (Fsp3) is 1.00. The largest absolute Gasteiger partial charge is 0.314 e. The zero-order valence-electron chi connectivity index (χ0n) is 14.0. The zero-order valence-corrected chi connectivity index (χ0v) is 14.0. The SMILES string of the molecule is CCNC1CCCCCC1CN(C)C1CCCC(C)C1. The Kier molecular flexibility index (Phi) is 6.83. The van der Waals surface area contributed by atoms with Crippen LogP contribution in [0, 0.1) is 11.8 Å². The Morgan fingerprint density at radius 2 is 1.80 bits per heavy atom. The molecule has 1 N–H and O–H groups in total. The second-order valence-electron chi connectivity index (χ2n) is 7.43. The zero-order chi connectivity index (χ0) is 14.4. The molecular formula is C18H36N2. The van der Waals surface area contributed by atoms with Gasteiger partial charge in [-0.3, -0.25) is 0 Å². The second-order valence-corrected chi connectivity index (χ2v) is 7.43. The minimum atomic E-state index is 0.769. The summed E-state index contributed by atoms with van der Waals surface area (Å²) in [6, 6.07) is 1.62. The molecule has 20 heavy (non-hydrogen) atoms. The van der Waals surface area contributed by atoms with E-state index in [-0.39, 0.29) is 0 Å². The highest BCUT2D eigenvalue weighted by atomic mass is 15.1. The average molecular weight is 281 g/mol. The smallest absolute Gasteiger partial charge is 0.0107 e. The summed E-state index contributed by atoms with van der Waals surface area (Å²) < 4.78 is 0. The predicted molar refractivity (Wildman–Crippen MR) is 88.1 cm³/mol. The Morgan fingerprint density at radius 3 is 2.55 bits per heavy atom. The molecule has 0 bridgehead atoms. The van der Waals surface area contributed by atoms with Gasteiger partial charge < -0.3 is 10.2 Å². The first-order chi connectivity index (χ1) is 9.70. The summed E-state index contributed by atoms with van der Waals surface area (Å²) in [6.45, 7) is 7.14. The van der Waals surface area contributed by atoms with E-state index in [9.17, 15) is 0 Å². The molecule has 0 aromatic heterocycles. The molecule has 4 unspecified atom stereocenters. The van der Waals surface area contributed by atoms with Crippen molar-refractivity contribution in [3.8, 4) is 0 Å². The maximum atomic E-state index is 3.76. The van der Waals surface area contributed by atoms with E-state index in [0.29, 0.717) is 0 Å². The molecule has 2 heteroatoms. The first kappa shape index (κ1) is 16.3. The van der Waals surface area contributed by atoms with Gasteiger partial charge in [0.15, 0.2) is 0 Å². The topological polar surface area (TPSA) is 15.3 Å². The van der Waals surface area contributed by atoms with E-state index < -0.39 is 0 Å². The molecule has 0 saturated heterocycles. The lowest BCUT2D eigenvalue weighted by atomic mass is 9.85. The minimum absolute atomic E-state index is 0.769. The maximum absolute atomic E-state index is 3.76. The molecule has 0 spiro atoms. The molecule has 2 aliphatic rings. The van der Waals surface area contributed by atoms with Crippen LogP contribution >= 0.6 is 0 Å². The van der Waals surface area contributed by atoms with Crippen molar-refractivity contribution in [3.63, 3.8) is 0 Å². The lowest BCUT2D eigenvalue weighted by Crippen LogP contribution is -2.44. The lowest BCUT2D eigenvalue weighted by Gasteiger charge is -2.37. The van der Waals surface area contributed by atoms with Gasteiger partial charge in [-0.25, -0.2) is 0 Å². The Balaban J connectivity index is 1.87. The Morgan fingerprint density at radius 1 is 1.00 bits per heavy atom. The summed E-state index contributed by atoms with van der Waals surface area (Å²) in [5, 5.41) is 3.76. The molecule has 2 rings (SSSR count). The summed E-state index contributed by atoms with van der Waals surface area (Å²) in [4.78, 5) is 2.70. The molecule has 0 aliphatic heterocycles. The Bertz CT molecular complexity index is 266. The standard InChI is InChI=1S/C18H36N2/c1-4-19-18-12-7-5-6-10-16(18)14-20(3)17-11-8-9-15(2)13-17/h15-19H,4-14H2,1-3H3. The number of nitrogens with one attached hydrogen (secondary N) is 1. The molecule has 118 valence electrons. The highest BCUT2D eigenvalue weighted by Crippen LogP contribution is 2.29. The first-order valence-electron chi connectivity index (χ1n) is 9.14. The molecule has 0 amide bonds. The van der Waals surface area contributed by atoms with Crippen LogP contribution in [0.5, 0.6) is 0 Å². The third kappa shape index (κ3) is 4.73. The van der Waals surface area contributed by atoms with Crippen molar-refractivity contribution < 1.29 is 0 Å². The Hall–Kier alpha value is -0.0800. The van der Waals surface area contributed by atoms with Gasteiger partial charge in [0, 0.05) is 18.6 Å². The fourth-order valence-electron chi connectivity index (χ4n) is 4.46. The van der Waals surface area contributed by atoms with Crippen LogP contribution in [-0.2, 0) is 0 Å². The summed E-state index contributed by atoms with van der Waals surface area (Å²) in [6.07, 6.45) is 12.9. The van der Waals surface area contributed by atoms with Crippen molar-refractivity contribution in [2.45, 2.75) is 83.7 Å². The molecule has 0 aromatic rings. The molecule has 2 fully saturated rings. The van der Waals surface area contributed by atoms with Crippen molar-refractivity contribution in [2.24, 2.45) is 11.8 Å². The monoisotopic (exact) mass is 280 g/mol. The van der Waals surface area contributed by atoms with Gasteiger partial charge >= 0.3 is 0 Å². The van der Waals surface area contributed by atoms with Crippen LogP contribution in [-0.4, -0.2) is 37.1 Å². The Labute approximate surface area is 126 Å². The number of hydrogen-bond acceptors (Lipinski definition) is 2. The molecule has 0 radical (unpaired) electrons. The normalized spacial score (nSPS) is 36.0. The van der Waals surface area contributed by atoms with Crippen LogP contribution in [0.1, 0.15) is 71.6 Å². The van der Waals surface area contributed by atoms with Gasteiger partial charge in [0.05, 0.1) is 0 Å². The molecule has 0 heterocycles. The van der Waals surface area contributed by atoms with Crippen LogP contribution in [0.25, 0.3) is 0 Å². The maximum Gasteiger partial charge on any atom is 0.0107 e. The van der Waals surface area contributed by atoms with Gasteiger partial charge in [-0.1, -0.05) is 46.0 Å². The van der Waals surface area contributed by atoms with E-state index >= 15 is 0 Å². The summed E-state index contributed by atoms with van der Waals surface area (Å²) in [7, 11) is 2.39. The van der Waals surface area contributed by atoms with Crippen molar-refractivity contribution in [1.29, 1.82) is 0 Å². The van der Waals surface area contributed by atoms with Crippen molar-refractivity contribution >= 4 is 0 Å². The number of hydrogen-bond donors (Lipinski definition) is 1. The average Bonchev–Trinajstić information content (AvgIpc) is 2.65. The van der Waals surface area contributed by atoms with Crippen LogP contribution in [0.4, 0.5) is 0 Å². The van der Waals surface area contributed by atoms with Gasteiger partial charge in [-0.2, -0.15) is 0 Å². The van der Waals surface area contributed by atoms with E-state index in [1.165, 1.54) is 64.3 Å². The summed E-state index contributed by atoms with van der Waals surface area (Å²) >= 11 is 0. The van der Waals surface area contributed by atoms with Crippen molar-refractivity contribution in [2.75, 3.05) is 20.1 Å². The third-order valence-electron chi connectivity index (χ3n) is 5.68. The summed E-state index contributed by atoms with van der Waals surface area (Å²) in [5.74, 6) is 1.81. The lowest BCUT2D eigenvalue weighted by molar-refractivity contribution is 0.129. The van der Waals surface area contributed by atoms with Crippen molar-refractivity contribution in [3.05, 3.63) is 0 Å². The van der Waals surface area contributed by atoms with Gasteiger partial charge in [-0.05, 0) is 51.1 Å². The van der Waals surface area contributed by atoms with E-state index in [4.69, 9.17) is 0 Å². The highest BCUT2D eigenvalue weighted by molar-refractivity contribution is 4.84. The molecule has 2 aliphatic carbocycles. The molecule has 0 aromatic carbocycles. The number of rotatable bonds is 5. The van der Waals surface area contributed by atoms with Gasteiger partial charge in [0.25, 0.3) is 0 Å². The van der Waals surface area contributed by atoms with E-state index in [1.807, 2.05) is 0 Å². The van der Waals surface area contributed by atoms with E-state index in [1.54, 1.807) is 0 Å². The van der Waals surface area contributed by atoms with Crippen LogP contribution < -0.4 is 5.32 Å². The summed E-state index contributed by atoms with van der Waals surface area (Å²) in [5.41, 5.74) is 0. The minimum Gasteiger partial charge on any atom is -0.314 e. The molecular weight excluding hydrogens is 244 g/mol. The second kappa shape index (κ2) is 8.38. The fourth-order valence-corrected chi connectivity index (χ4v) is 4.46. The molecule has 2 nitrogen and oxygen atoms in total. The number of nitrogens with zero attached hydrogens (tertiary/aromatic N) is 1. The predicted octanol–water partition coefficient (Wildman–Crippen LogP) is 4.06. The van der Waals surface area contributed by atoms with E-state index in [2.05, 4.69) is 31.1 Å². The van der Waals surface area contributed by atoms with Crippen molar-refractivity contribution in [1.82, 2.24) is 10.2 Å². The highest BCUT2D eigenvalue weighted by Gasteiger charge is 2.28. The third-order valence-corrected chi connectivity index (χ3v) is 5.68. The first-order valence-corrected chi connectivity index (χ1v) is 9.14. The van der Waals surface area contributed by atoms with Gasteiger partial charge in [-0.15, -0.1) is 0 Å². The van der Waals surface area contributed by atoms with Crippen LogP contribution in [0.3, 0.4) is 0 Å².